The lowest BCUT2D eigenvalue weighted by atomic mass is 9.89. The number of nitrogens with one attached hydrogen (secondary N) is 1. The van der Waals surface area contributed by atoms with Crippen LogP contribution < -0.4 is 0 Å². The Labute approximate surface area is 186 Å². The Morgan fingerprint density at radius 3 is 2.53 bits per heavy atom. The number of hydrogen-bond acceptors (Lipinski definition) is 2. The maximum Gasteiger partial charge on any atom is 0.335 e. The molecule has 0 unspecified atom stereocenters. The number of carboxylic acid groups (broad SMARTS) is 1. The minimum Gasteiger partial charge on any atom is -0.478 e. The van der Waals surface area contributed by atoms with Gasteiger partial charge in [0.1, 0.15) is 5.82 Å². The molecule has 0 amide bonds. The van der Waals surface area contributed by atoms with Crippen molar-refractivity contribution < 1.29 is 14.3 Å². The summed E-state index contributed by atoms with van der Waals surface area (Å²) >= 11 is 0. The molecular weight excluding hydrogens is 403 g/mol. The molecule has 1 aliphatic rings. The number of benzene rings is 3. The lowest BCUT2D eigenvalue weighted by Gasteiger charge is -2.32. The van der Waals surface area contributed by atoms with Crippen molar-refractivity contribution >= 4 is 16.9 Å². The number of hydrogen-bond donors (Lipinski definition) is 2. The summed E-state index contributed by atoms with van der Waals surface area (Å²) in [6.07, 6.45) is 4.16. The van der Waals surface area contributed by atoms with Crippen molar-refractivity contribution in [2.24, 2.45) is 0 Å². The third kappa shape index (κ3) is 4.16. The summed E-state index contributed by atoms with van der Waals surface area (Å²) in [5.41, 5.74) is 5.70. The Morgan fingerprint density at radius 2 is 1.78 bits per heavy atom. The number of rotatable bonds is 5. The number of likely N-dealkylation sites (tertiary alicyclic amines) is 1. The summed E-state index contributed by atoms with van der Waals surface area (Å²) in [5, 5.41) is 10.2. The van der Waals surface area contributed by atoms with E-state index in [0.29, 0.717) is 11.5 Å². The van der Waals surface area contributed by atoms with Gasteiger partial charge >= 0.3 is 5.97 Å². The van der Waals surface area contributed by atoms with Crippen LogP contribution in [0.1, 0.15) is 40.2 Å². The molecule has 0 aliphatic carbocycles. The second kappa shape index (κ2) is 8.60. The lowest BCUT2D eigenvalue weighted by molar-refractivity contribution is 0.0697. The van der Waals surface area contributed by atoms with Gasteiger partial charge in [-0.2, -0.15) is 0 Å². The number of H-pyrrole nitrogens is 1. The van der Waals surface area contributed by atoms with Crippen molar-refractivity contribution in [3.63, 3.8) is 0 Å². The van der Waals surface area contributed by atoms with Crippen molar-refractivity contribution in [3.8, 4) is 11.1 Å². The number of aromatic nitrogens is 1. The quantitative estimate of drug-likeness (QED) is 0.407. The molecule has 0 saturated carbocycles. The molecule has 1 saturated heterocycles. The monoisotopic (exact) mass is 428 g/mol. The number of carbonyl (C=O) groups is 1. The van der Waals surface area contributed by atoms with Crippen LogP contribution in [0.3, 0.4) is 0 Å². The average molecular weight is 429 g/mol. The Bertz CT molecular complexity index is 1250. The third-order valence-electron chi connectivity index (χ3n) is 6.51. The van der Waals surface area contributed by atoms with Gasteiger partial charge in [-0.1, -0.05) is 36.4 Å². The second-order valence-electron chi connectivity index (χ2n) is 8.57. The summed E-state index contributed by atoms with van der Waals surface area (Å²) in [6, 6.07) is 20.3. The Kier molecular flexibility index (Phi) is 5.50. The molecule has 32 heavy (non-hydrogen) atoms. The van der Waals surface area contributed by atoms with Gasteiger partial charge in [-0.25, -0.2) is 9.18 Å². The molecule has 3 aromatic carbocycles. The van der Waals surface area contributed by atoms with E-state index in [2.05, 4.69) is 34.1 Å². The molecule has 5 rings (SSSR count). The van der Waals surface area contributed by atoms with Gasteiger partial charge in [-0.3, -0.25) is 4.90 Å². The van der Waals surface area contributed by atoms with Gasteiger partial charge in [0.2, 0.25) is 0 Å². The fraction of sp³-hybridized carbons (Fsp3) is 0.222. The molecule has 0 atom stereocenters. The van der Waals surface area contributed by atoms with E-state index in [1.165, 1.54) is 17.2 Å². The van der Waals surface area contributed by atoms with E-state index in [1.54, 1.807) is 24.3 Å². The maximum absolute atomic E-state index is 13.7. The third-order valence-corrected chi connectivity index (χ3v) is 6.51. The number of nitrogens with zero attached hydrogens (tertiary/aromatic N) is 1. The highest BCUT2D eigenvalue weighted by Crippen LogP contribution is 2.34. The van der Waals surface area contributed by atoms with Crippen LogP contribution in [0.5, 0.6) is 0 Å². The normalized spacial score (nSPS) is 15.3. The molecule has 4 aromatic rings. The summed E-state index contributed by atoms with van der Waals surface area (Å²) in [4.78, 5) is 17.0. The van der Waals surface area contributed by atoms with Gasteiger partial charge < -0.3 is 10.1 Å². The van der Waals surface area contributed by atoms with E-state index in [1.807, 2.05) is 18.3 Å². The number of piperidine rings is 1. The van der Waals surface area contributed by atoms with E-state index in [-0.39, 0.29) is 5.82 Å². The molecule has 4 nitrogen and oxygen atoms in total. The van der Waals surface area contributed by atoms with Gasteiger partial charge in [-0.05, 0) is 84.4 Å². The van der Waals surface area contributed by atoms with E-state index < -0.39 is 5.97 Å². The van der Waals surface area contributed by atoms with Crippen LogP contribution in [0.4, 0.5) is 4.39 Å². The van der Waals surface area contributed by atoms with Gasteiger partial charge in [0, 0.05) is 23.6 Å². The van der Waals surface area contributed by atoms with Crippen LogP contribution >= 0.6 is 0 Å². The molecule has 1 aliphatic heterocycles. The first kappa shape index (κ1) is 20.5. The first-order valence-corrected chi connectivity index (χ1v) is 11.0. The van der Waals surface area contributed by atoms with E-state index in [9.17, 15) is 14.3 Å². The zero-order valence-corrected chi connectivity index (χ0v) is 17.7. The SMILES string of the molecule is O=C(O)c1cccc(-c2ccc(CN3CCC(c4c[nH]c5ccc(F)cc45)CC3)cc2)c1. The minimum atomic E-state index is -0.912. The van der Waals surface area contributed by atoms with Crippen molar-refractivity contribution in [3.05, 3.63) is 95.4 Å². The highest BCUT2D eigenvalue weighted by Gasteiger charge is 2.23. The molecule has 0 radical (unpaired) electrons. The first-order valence-electron chi connectivity index (χ1n) is 11.0. The zero-order chi connectivity index (χ0) is 22.1. The topological polar surface area (TPSA) is 56.3 Å². The van der Waals surface area contributed by atoms with Crippen molar-refractivity contribution in [1.82, 2.24) is 9.88 Å². The van der Waals surface area contributed by atoms with Crippen LogP contribution in [-0.4, -0.2) is 34.0 Å². The van der Waals surface area contributed by atoms with Gasteiger partial charge in [0.25, 0.3) is 0 Å². The highest BCUT2D eigenvalue weighted by atomic mass is 19.1. The molecule has 2 N–H and O–H groups in total. The fourth-order valence-corrected chi connectivity index (χ4v) is 4.75. The van der Waals surface area contributed by atoms with E-state index >= 15 is 0 Å². The number of halogens is 1. The largest absolute Gasteiger partial charge is 0.478 e. The molecule has 2 heterocycles. The van der Waals surface area contributed by atoms with Crippen molar-refractivity contribution in [2.45, 2.75) is 25.3 Å². The van der Waals surface area contributed by atoms with E-state index in [0.717, 1.165) is 54.5 Å². The highest BCUT2D eigenvalue weighted by molar-refractivity contribution is 5.89. The molecule has 0 spiro atoms. The van der Waals surface area contributed by atoms with Crippen molar-refractivity contribution in [1.29, 1.82) is 0 Å². The number of carboxylic acids is 1. The lowest BCUT2D eigenvalue weighted by Crippen LogP contribution is -2.32. The maximum atomic E-state index is 13.7. The standard InChI is InChI=1S/C27H25FN2O2/c28-23-8-9-26-24(15-23)25(16-29-26)20-10-12-30(13-11-20)17-18-4-6-19(7-5-18)21-2-1-3-22(14-21)27(31)32/h1-9,14-16,20,29H,10-13,17H2,(H,31,32). The van der Waals surface area contributed by atoms with Crippen molar-refractivity contribution in [2.75, 3.05) is 13.1 Å². The molecule has 1 aromatic heterocycles. The second-order valence-corrected chi connectivity index (χ2v) is 8.57. The van der Waals surface area contributed by atoms with Crippen LogP contribution in [0.25, 0.3) is 22.0 Å². The molecule has 0 bridgehead atoms. The summed E-state index contributed by atoms with van der Waals surface area (Å²) in [6.45, 7) is 2.91. The van der Waals surface area contributed by atoms with Gasteiger partial charge in [-0.15, -0.1) is 0 Å². The Morgan fingerprint density at radius 1 is 1.00 bits per heavy atom. The molecular formula is C27H25FN2O2. The Balaban J connectivity index is 1.22. The van der Waals surface area contributed by atoms with Crippen LogP contribution in [0, 0.1) is 5.82 Å². The average Bonchev–Trinajstić information content (AvgIpc) is 3.23. The summed E-state index contributed by atoms with van der Waals surface area (Å²) < 4.78 is 13.7. The number of fused-ring (bicyclic) bond motifs is 1. The minimum absolute atomic E-state index is 0.186. The summed E-state index contributed by atoms with van der Waals surface area (Å²) in [7, 11) is 0. The first-order chi connectivity index (χ1) is 15.6. The molecule has 5 heteroatoms. The van der Waals surface area contributed by atoms with Gasteiger partial charge in [0.05, 0.1) is 5.56 Å². The molecule has 1 fully saturated rings. The molecule has 162 valence electrons. The number of aromatic carboxylic acids is 1. The van der Waals surface area contributed by atoms with Crippen LogP contribution in [0.15, 0.2) is 72.9 Å². The predicted octanol–water partition coefficient (Wildman–Crippen LogP) is 6.05. The summed E-state index contributed by atoms with van der Waals surface area (Å²) in [5.74, 6) is -0.649. The van der Waals surface area contributed by atoms with E-state index in [4.69, 9.17) is 0 Å². The zero-order valence-electron chi connectivity index (χ0n) is 17.7. The fourth-order valence-electron chi connectivity index (χ4n) is 4.75. The Hall–Kier alpha value is -3.44. The number of aromatic amines is 1. The predicted molar refractivity (Wildman–Crippen MR) is 124 cm³/mol. The smallest absolute Gasteiger partial charge is 0.335 e. The van der Waals surface area contributed by atoms with Crippen LogP contribution in [-0.2, 0) is 6.54 Å². The van der Waals surface area contributed by atoms with Crippen LogP contribution in [0.2, 0.25) is 0 Å². The van der Waals surface area contributed by atoms with Gasteiger partial charge in [0.15, 0.2) is 0 Å².